The van der Waals surface area contributed by atoms with Gasteiger partial charge in [0.2, 0.25) is 0 Å². The highest BCUT2D eigenvalue weighted by Crippen LogP contribution is 2.38. The molecule has 0 N–H and O–H groups in total. The number of rotatable bonds is 5. The van der Waals surface area contributed by atoms with Crippen LogP contribution in [-0.4, -0.2) is 43.0 Å². The Morgan fingerprint density at radius 1 is 1.07 bits per heavy atom. The van der Waals surface area contributed by atoms with Gasteiger partial charge in [-0.15, -0.1) is 0 Å². The van der Waals surface area contributed by atoms with E-state index in [1.54, 1.807) is 11.0 Å². The predicted octanol–water partition coefficient (Wildman–Crippen LogP) is 1.56. The van der Waals surface area contributed by atoms with Gasteiger partial charge in [-0.3, -0.25) is 14.4 Å². The fourth-order valence-electron chi connectivity index (χ4n) is 3.74. The molecule has 1 saturated heterocycles. The molecule has 1 aliphatic heterocycles. The fraction of sp³-hybridized carbons (Fsp3) is 0.550. The summed E-state index contributed by atoms with van der Waals surface area (Å²) in [6.45, 7) is 4.70. The normalized spacial score (nSPS) is 19.4. The zero-order valence-corrected chi connectivity index (χ0v) is 16.2. The van der Waals surface area contributed by atoms with Gasteiger partial charge in [-0.05, 0) is 51.7 Å². The molecule has 0 bridgehead atoms. The van der Waals surface area contributed by atoms with Crippen molar-refractivity contribution in [2.45, 2.75) is 64.1 Å². The number of carbonyl (C=O) groups excluding carboxylic acids is 1. The van der Waals surface area contributed by atoms with Crippen LogP contribution in [0.15, 0.2) is 33.9 Å². The van der Waals surface area contributed by atoms with Gasteiger partial charge >= 0.3 is 0 Å². The van der Waals surface area contributed by atoms with Gasteiger partial charge in [0, 0.05) is 24.6 Å². The van der Waals surface area contributed by atoms with Gasteiger partial charge < -0.3 is 4.90 Å². The van der Waals surface area contributed by atoms with Crippen LogP contribution in [0.5, 0.6) is 0 Å². The summed E-state index contributed by atoms with van der Waals surface area (Å²) >= 11 is 0. The summed E-state index contributed by atoms with van der Waals surface area (Å²) in [7, 11) is 0. The van der Waals surface area contributed by atoms with E-state index >= 15 is 0 Å². The molecule has 2 aromatic heterocycles. The molecule has 1 saturated carbocycles. The van der Waals surface area contributed by atoms with E-state index in [2.05, 4.69) is 10.2 Å². The zero-order chi connectivity index (χ0) is 19.8. The average Bonchev–Trinajstić information content (AvgIpc) is 3.42. The molecule has 148 valence electrons. The number of aromatic nitrogens is 4. The quantitative estimate of drug-likeness (QED) is 0.782. The number of hydrogen-bond acceptors (Lipinski definition) is 5. The van der Waals surface area contributed by atoms with Crippen molar-refractivity contribution in [2.24, 2.45) is 0 Å². The molecule has 2 fully saturated rings. The second-order valence-electron chi connectivity index (χ2n) is 7.94. The van der Waals surface area contributed by atoms with Crippen molar-refractivity contribution in [3.8, 4) is 0 Å². The Bertz CT molecular complexity index is 1010. The summed E-state index contributed by atoms with van der Waals surface area (Å²) < 4.78 is 2.82. The lowest BCUT2D eigenvalue weighted by Crippen LogP contribution is -2.41. The molecule has 1 amide bonds. The van der Waals surface area contributed by atoms with E-state index in [0.717, 1.165) is 31.4 Å². The summed E-state index contributed by atoms with van der Waals surface area (Å²) in [5.41, 5.74) is 0.848. The van der Waals surface area contributed by atoms with Crippen molar-refractivity contribution in [1.82, 2.24) is 24.5 Å². The van der Waals surface area contributed by atoms with E-state index in [0.29, 0.717) is 19.0 Å². The van der Waals surface area contributed by atoms with Crippen LogP contribution in [0, 0.1) is 0 Å². The Kier molecular flexibility index (Phi) is 4.87. The highest BCUT2D eigenvalue weighted by Gasteiger charge is 2.32. The van der Waals surface area contributed by atoms with Crippen molar-refractivity contribution in [3.05, 3.63) is 56.4 Å². The van der Waals surface area contributed by atoms with Crippen LogP contribution in [-0.2, 0) is 6.54 Å². The van der Waals surface area contributed by atoms with E-state index in [4.69, 9.17) is 0 Å². The van der Waals surface area contributed by atoms with Gasteiger partial charge in [-0.1, -0.05) is 0 Å². The maximum absolute atomic E-state index is 13.0. The minimum atomic E-state index is -0.225. The van der Waals surface area contributed by atoms with Crippen molar-refractivity contribution in [1.29, 1.82) is 0 Å². The topological polar surface area (TPSA) is 90.1 Å². The molecule has 0 aromatic carbocycles. The lowest BCUT2D eigenvalue weighted by atomic mass is 10.2. The van der Waals surface area contributed by atoms with E-state index < -0.39 is 0 Å². The SMILES string of the molecule is CC(C)n1nc(C(=O)N2CCCC2Cn2nc(C3CC3)ccc2=O)ccc1=O. The monoisotopic (exact) mass is 383 g/mol. The van der Waals surface area contributed by atoms with Crippen molar-refractivity contribution in [3.63, 3.8) is 0 Å². The van der Waals surface area contributed by atoms with Crippen molar-refractivity contribution < 1.29 is 4.79 Å². The van der Waals surface area contributed by atoms with Crippen LogP contribution in [0.25, 0.3) is 0 Å². The van der Waals surface area contributed by atoms with E-state index in [9.17, 15) is 14.4 Å². The Balaban J connectivity index is 1.56. The van der Waals surface area contributed by atoms with E-state index in [-0.39, 0.29) is 34.8 Å². The molecule has 8 heteroatoms. The lowest BCUT2D eigenvalue weighted by Gasteiger charge is -2.25. The number of amides is 1. The van der Waals surface area contributed by atoms with Crippen LogP contribution in [0.1, 0.15) is 67.7 Å². The highest BCUT2D eigenvalue weighted by atomic mass is 16.2. The highest BCUT2D eigenvalue weighted by molar-refractivity contribution is 5.92. The molecule has 28 heavy (non-hydrogen) atoms. The first kappa shape index (κ1) is 18.6. The Labute approximate surface area is 162 Å². The molecule has 4 rings (SSSR count). The third-order valence-corrected chi connectivity index (χ3v) is 5.44. The summed E-state index contributed by atoms with van der Waals surface area (Å²) in [6.07, 6.45) is 3.93. The smallest absolute Gasteiger partial charge is 0.274 e. The zero-order valence-electron chi connectivity index (χ0n) is 16.2. The van der Waals surface area contributed by atoms with Crippen LogP contribution in [0.4, 0.5) is 0 Å². The molecule has 3 heterocycles. The molecule has 2 aromatic rings. The fourth-order valence-corrected chi connectivity index (χ4v) is 3.74. The van der Waals surface area contributed by atoms with Gasteiger partial charge in [0.05, 0.1) is 24.3 Å². The van der Waals surface area contributed by atoms with Crippen LogP contribution in [0.2, 0.25) is 0 Å². The molecule has 8 nitrogen and oxygen atoms in total. The molecule has 2 aliphatic rings. The molecular formula is C20H25N5O3. The maximum Gasteiger partial charge on any atom is 0.274 e. The van der Waals surface area contributed by atoms with Gasteiger partial charge in [-0.2, -0.15) is 10.2 Å². The predicted molar refractivity (Wildman–Crippen MR) is 103 cm³/mol. The standard InChI is InChI=1S/C20H25N5O3/c1-13(2)25-19(27)10-8-17(22-25)20(28)23-11-3-4-15(23)12-24-18(26)9-7-16(21-24)14-5-6-14/h7-10,13-15H,3-6,11-12H2,1-2H3. The van der Waals surface area contributed by atoms with Gasteiger partial charge in [0.15, 0.2) is 0 Å². The number of carbonyl (C=O) groups is 1. The number of hydrogen-bond donors (Lipinski definition) is 0. The Hall–Kier alpha value is -2.77. The number of nitrogens with zero attached hydrogens (tertiary/aromatic N) is 5. The molecular weight excluding hydrogens is 358 g/mol. The summed E-state index contributed by atoms with van der Waals surface area (Å²) in [6, 6.07) is 6.03. The first-order valence-corrected chi connectivity index (χ1v) is 9.93. The van der Waals surface area contributed by atoms with Crippen LogP contribution < -0.4 is 11.1 Å². The summed E-state index contributed by atoms with van der Waals surface area (Å²) in [5, 5.41) is 8.77. The molecule has 0 radical (unpaired) electrons. The third-order valence-electron chi connectivity index (χ3n) is 5.44. The lowest BCUT2D eigenvalue weighted by molar-refractivity contribution is 0.0711. The van der Waals surface area contributed by atoms with E-state index in [1.807, 2.05) is 19.9 Å². The largest absolute Gasteiger partial charge is 0.332 e. The molecule has 1 atom stereocenters. The minimum absolute atomic E-state index is 0.103. The Morgan fingerprint density at radius 2 is 1.82 bits per heavy atom. The number of likely N-dealkylation sites (tertiary alicyclic amines) is 1. The van der Waals surface area contributed by atoms with Gasteiger partial charge in [0.1, 0.15) is 5.69 Å². The molecule has 0 spiro atoms. The van der Waals surface area contributed by atoms with Gasteiger partial charge in [-0.25, -0.2) is 9.36 Å². The van der Waals surface area contributed by atoms with Crippen molar-refractivity contribution >= 4 is 5.91 Å². The second-order valence-corrected chi connectivity index (χ2v) is 7.94. The van der Waals surface area contributed by atoms with Crippen molar-refractivity contribution in [2.75, 3.05) is 6.54 Å². The summed E-state index contributed by atoms with van der Waals surface area (Å²) in [5.74, 6) is 0.262. The van der Waals surface area contributed by atoms with Crippen LogP contribution >= 0.6 is 0 Å². The second kappa shape index (κ2) is 7.33. The first-order chi connectivity index (χ1) is 13.4. The Morgan fingerprint density at radius 3 is 2.54 bits per heavy atom. The summed E-state index contributed by atoms with van der Waals surface area (Å²) in [4.78, 5) is 39.0. The van der Waals surface area contributed by atoms with Gasteiger partial charge in [0.25, 0.3) is 17.0 Å². The minimum Gasteiger partial charge on any atom is -0.332 e. The maximum atomic E-state index is 13.0. The average molecular weight is 383 g/mol. The molecule has 1 unspecified atom stereocenters. The molecule has 1 aliphatic carbocycles. The first-order valence-electron chi connectivity index (χ1n) is 9.93. The van der Waals surface area contributed by atoms with Crippen LogP contribution in [0.3, 0.4) is 0 Å². The third kappa shape index (κ3) is 3.63. The van der Waals surface area contributed by atoms with E-state index in [1.165, 1.54) is 21.5 Å².